The summed E-state index contributed by atoms with van der Waals surface area (Å²) in [7, 11) is 0. The van der Waals surface area contributed by atoms with Crippen molar-refractivity contribution in [3.63, 3.8) is 0 Å². The lowest BCUT2D eigenvalue weighted by Crippen LogP contribution is -2.40. The zero-order valence-electron chi connectivity index (χ0n) is 12.1. The first-order chi connectivity index (χ1) is 10.0. The average molecular weight is 288 g/mol. The van der Waals surface area contributed by atoms with Crippen molar-refractivity contribution in [2.45, 2.75) is 32.3 Å². The highest BCUT2D eigenvalue weighted by molar-refractivity contribution is 6.02. The Labute approximate surface area is 123 Å². The molecule has 1 unspecified atom stereocenters. The second kappa shape index (κ2) is 5.48. The van der Waals surface area contributed by atoms with Crippen molar-refractivity contribution in [1.29, 1.82) is 0 Å². The SMILES string of the molecule is CC(O)C1CCN(C(=O)c2ccc3c(c2)NC(=O)C3)CC1. The molecule has 0 spiro atoms. The molecular weight excluding hydrogens is 268 g/mol. The molecule has 3 rings (SSSR count). The van der Waals surface area contributed by atoms with Crippen LogP contribution in [0.4, 0.5) is 5.69 Å². The van der Waals surface area contributed by atoms with E-state index in [0.29, 0.717) is 25.1 Å². The number of amides is 2. The van der Waals surface area contributed by atoms with Gasteiger partial charge in [-0.2, -0.15) is 0 Å². The van der Waals surface area contributed by atoms with Crippen LogP contribution in [0.3, 0.4) is 0 Å². The van der Waals surface area contributed by atoms with Gasteiger partial charge < -0.3 is 15.3 Å². The maximum absolute atomic E-state index is 12.5. The quantitative estimate of drug-likeness (QED) is 0.864. The van der Waals surface area contributed by atoms with E-state index < -0.39 is 0 Å². The normalized spacial score (nSPS) is 20.1. The second-order valence-electron chi connectivity index (χ2n) is 5.97. The minimum atomic E-state index is -0.308. The molecular formula is C16H20N2O3. The van der Waals surface area contributed by atoms with Crippen LogP contribution in [0.5, 0.6) is 0 Å². The van der Waals surface area contributed by atoms with Gasteiger partial charge in [-0.25, -0.2) is 0 Å². The molecule has 112 valence electrons. The summed E-state index contributed by atoms with van der Waals surface area (Å²) in [5, 5.41) is 12.4. The first-order valence-electron chi connectivity index (χ1n) is 7.44. The lowest BCUT2D eigenvalue weighted by molar-refractivity contribution is -0.115. The molecule has 2 aliphatic rings. The minimum absolute atomic E-state index is 0.00277. The third-order valence-electron chi connectivity index (χ3n) is 4.49. The molecule has 5 heteroatoms. The lowest BCUT2D eigenvalue weighted by Gasteiger charge is -2.33. The number of aliphatic hydroxyl groups is 1. The Morgan fingerprint density at radius 2 is 2.10 bits per heavy atom. The Kier molecular flexibility index (Phi) is 3.68. The van der Waals surface area contributed by atoms with Crippen LogP contribution in [-0.4, -0.2) is 41.0 Å². The van der Waals surface area contributed by atoms with E-state index in [1.54, 1.807) is 12.1 Å². The number of likely N-dealkylation sites (tertiary alicyclic amines) is 1. The highest BCUT2D eigenvalue weighted by Gasteiger charge is 2.27. The van der Waals surface area contributed by atoms with Gasteiger partial charge in [0.1, 0.15) is 0 Å². The number of benzene rings is 1. The van der Waals surface area contributed by atoms with E-state index in [4.69, 9.17) is 0 Å². The van der Waals surface area contributed by atoms with E-state index in [9.17, 15) is 14.7 Å². The summed E-state index contributed by atoms with van der Waals surface area (Å²) in [4.78, 5) is 25.7. The molecule has 0 saturated carbocycles. The molecule has 2 amide bonds. The van der Waals surface area contributed by atoms with Crippen LogP contribution in [-0.2, 0) is 11.2 Å². The Morgan fingerprint density at radius 3 is 2.76 bits per heavy atom. The number of rotatable bonds is 2. The van der Waals surface area contributed by atoms with Crippen molar-refractivity contribution in [2.24, 2.45) is 5.92 Å². The highest BCUT2D eigenvalue weighted by Crippen LogP contribution is 2.26. The van der Waals surface area contributed by atoms with Gasteiger partial charge in [0.15, 0.2) is 0 Å². The van der Waals surface area contributed by atoms with E-state index in [0.717, 1.165) is 24.1 Å². The van der Waals surface area contributed by atoms with Gasteiger partial charge in [-0.15, -0.1) is 0 Å². The maximum atomic E-state index is 12.5. The predicted octanol–water partition coefficient (Wildman–Crippen LogP) is 1.41. The van der Waals surface area contributed by atoms with Crippen LogP contribution >= 0.6 is 0 Å². The number of fused-ring (bicyclic) bond motifs is 1. The zero-order chi connectivity index (χ0) is 15.0. The fraction of sp³-hybridized carbons (Fsp3) is 0.500. The van der Waals surface area contributed by atoms with E-state index >= 15 is 0 Å². The van der Waals surface area contributed by atoms with Crippen LogP contribution in [0.15, 0.2) is 18.2 Å². The summed E-state index contributed by atoms with van der Waals surface area (Å²) in [5.74, 6) is 0.267. The van der Waals surface area contributed by atoms with Gasteiger partial charge >= 0.3 is 0 Å². The molecule has 21 heavy (non-hydrogen) atoms. The van der Waals surface area contributed by atoms with Gasteiger partial charge in [-0.3, -0.25) is 9.59 Å². The number of hydrogen-bond acceptors (Lipinski definition) is 3. The van der Waals surface area contributed by atoms with Gasteiger partial charge in [0.05, 0.1) is 12.5 Å². The van der Waals surface area contributed by atoms with Crippen LogP contribution in [0.2, 0.25) is 0 Å². The summed E-state index contributed by atoms with van der Waals surface area (Å²) in [5.41, 5.74) is 2.32. The third kappa shape index (κ3) is 2.78. The Hall–Kier alpha value is -1.88. The average Bonchev–Trinajstić information content (AvgIpc) is 2.85. The standard InChI is InChI=1S/C16H20N2O3/c1-10(19)11-4-6-18(7-5-11)16(21)13-3-2-12-9-15(20)17-14(12)8-13/h2-3,8,10-11,19H,4-7,9H2,1H3,(H,17,20). The number of aliphatic hydroxyl groups excluding tert-OH is 1. The number of nitrogens with zero attached hydrogens (tertiary/aromatic N) is 1. The molecule has 0 aromatic heterocycles. The number of carbonyl (C=O) groups is 2. The second-order valence-corrected chi connectivity index (χ2v) is 5.97. The van der Waals surface area contributed by atoms with Crippen LogP contribution in [0, 0.1) is 5.92 Å². The highest BCUT2D eigenvalue weighted by atomic mass is 16.3. The molecule has 1 atom stereocenters. The minimum Gasteiger partial charge on any atom is -0.393 e. The molecule has 0 bridgehead atoms. The van der Waals surface area contributed by atoms with Gasteiger partial charge in [-0.1, -0.05) is 6.07 Å². The zero-order valence-corrected chi connectivity index (χ0v) is 12.1. The summed E-state index contributed by atoms with van der Waals surface area (Å²) in [6.45, 7) is 3.17. The summed E-state index contributed by atoms with van der Waals surface area (Å²) in [6, 6.07) is 5.41. The molecule has 1 aromatic rings. The fourth-order valence-corrected chi connectivity index (χ4v) is 3.11. The summed E-state index contributed by atoms with van der Waals surface area (Å²) >= 11 is 0. The predicted molar refractivity (Wildman–Crippen MR) is 79.1 cm³/mol. The van der Waals surface area contributed by atoms with Crippen molar-refractivity contribution in [1.82, 2.24) is 4.90 Å². The van der Waals surface area contributed by atoms with E-state index in [2.05, 4.69) is 5.32 Å². The van der Waals surface area contributed by atoms with E-state index in [1.807, 2.05) is 17.9 Å². The largest absolute Gasteiger partial charge is 0.393 e. The molecule has 2 N–H and O–H groups in total. The molecule has 1 aromatic carbocycles. The number of piperidine rings is 1. The molecule has 0 radical (unpaired) electrons. The smallest absolute Gasteiger partial charge is 0.253 e. The fourth-order valence-electron chi connectivity index (χ4n) is 3.11. The summed E-state index contributed by atoms with van der Waals surface area (Å²) in [6.07, 6.45) is 1.76. The molecule has 1 saturated heterocycles. The molecule has 2 heterocycles. The number of hydrogen-bond donors (Lipinski definition) is 2. The molecule has 1 fully saturated rings. The lowest BCUT2D eigenvalue weighted by atomic mass is 9.92. The van der Waals surface area contributed by atoms with Crippen molar-refractivity contribution in [3.8, 4) is 0 Å². The maximum Gasteiger partial charge on any atom is 0.253 e. The van der Waals surface area contributed by atoms with Gasteiger partial charge in [-0.05, 0) is 43.4 Å². The van der Waals surface area contributed by atoms with Crippen LogP contribution in [0.25, 0.3) is 0 Å². The van der Waals surface area contributed by atoms with Crippen LogP contribution < -0.4 is 5.32 Å². The van der Waals surface area contributed by atoms with Crippen molar-refractivity contribution in [2.75, 3.05) is 18.4 Å². The first-order valence-corrected chi connectivity index (χ1v) is 7.44. The van der Waals surface area contributed by atoms with Crippen molar-refractivity contribution in [3.05, 3.63) is 29.3 Å². The number of anilines is 1. The Morgan fingerprint density at radius 1 is 1.38 bits per heavy atom. The van der Waals surface area contributed by atoms with Crippen LogP contribution in [0.1, 0.15) is 35.7 Å². The third-order valence-corrected chi connectivity index (χ3v) is 4.49. The van der Waals surface area contributed by atoms with E-state index in [1.165, 1.54) is 0 Å². The topological polar surface area (TPSA) is 69.6 Å². The van der Waals surface area contributed by atoms with E-state index in [-0.39, 0.29) is 23.8 Å². The first kappa shape index (κ1) is 14.1. The molecule has 5 nitrogen and oxygen atoms in total. The van der Waals surface area contributed by atoms with Crippen molar-refractivity contribution < 1.29 is 14.7 Å². The Balaban J connectivity index is 1.69. The molecule has 2 aliphatic heterocycles. The monoisotopic (exact) mass is 288 g/mol. The summed E-state index contributed by atoms with van der Waals surface area (Å²) < 4.78 is 0. The van der Waals surface area contributed by atoms with Crippen molar-refractivity contribution >= 4 is 17.5 Å². The molecule has 0 aliphatic carbocycles. The number of nitrogens with one attached hydrogen (secondary N) is 1. The Bertz CT molecular complexity index is 575. The van der Waals surface area contributed by atoms with Gasteiger partial charge in [0.25, 0.3) is 5.91 Å². The number of carbonyl (C=O) groups excluding carboxylic acids is 2. The van der Waals surface area contributed by atoms with Gasteiger partial charge in [0.2, 0.25) is 5.91 Å². The van der Waals surface area contributed by atoms with Gasteiger partial charge in [0, 0.05) is 24.3 Å².